The van der Waals surface area contributed by atoms with Crippen molar-refractivity contribution in [2.75, 3.05) is 13.1 Å². The summed E-state index contributed by atoms with van der Waals surface area (Å²) in [6, 6.07) is 8.89. The first-order valence-electron chi connectivity index (χ1n) is 7.45. The van der Waals surface area contributed by atoms with E-state index in [2.05, 4.69) is 11.8 Å². The Bertz CT molecular complexity index is 373. The molecule has 1 unspecified atom stereocenters. The maximum Gasteiger partial charge on any atom is 0.0406 e. The molecule has 0 heterocycles. The molecule has 1 aliphatic carbocycles. The molecule has 2 nitrogen and oxygen atoms in total. The molecular formula is C16H25ClN2. The van der Waals surface area contributed by atoms with E-state index in [0.29, 0.717) is 0 Å². The molecule has 0 radical (unpaired) electrons. The number of nitrogens with two attached hydrogens (primary N) is 1. The van der Waals surface area contributed by atoms with E-state index >= 15 is 0 Å². The lowest BCUT2D eigenvalue weighted by molar-refractivity contribution is 0.249. The molecule has 19 heavy (non-hydrogen) atoms. The van der Waals surface area contributed by atoms with Crippen LogP contribution in [0.15, 0.2) is 24.3 Å². The molecule has 2 N–H and O–H groups in total. The van der Waals surface area contributed by atoms with E-state index in [1.54, 1.807) is 0 Å². The van der Waals surface area contributed by atoms with Gasteiger partial charge in [-0.05, 0) is 49.9 Å². The van der Waals surface area contributed by atoms with Crippen LogP contribution in [0.1, 0.15) is 50.6 Å². The highest BCUT2D eigenvalue weighted by Gasteiger charge is 2.28. The Labute approximate surface area is 121 Å². The second kappa shape index (κ2) is 7.28. The van der Waals surface area contributed by atoms with Gasteiger partial charge in [0.1, 0.15) is 0 Å². The Morgan fingerprint density at radius 1 is 1.26 bits per heavy atom. The first-order chi connectivity index (χ1) is 9.20. The molecule has 0 bridgehead atoms. The fraction of sp³-hybridized carbons (Fsp3) is 0.625. The maximum atomic E-state index is 6.27. The first-order valence-corrected chi connectivity index (χ1v) is 7.83. The van der Waals surface area contributed by atoms with Gasteiger partial charge in [-0.2, -0.15) is 0 Å². The van der Waals surface area contributed by atoms with Gasteiger partial charge in [0.15, 0.2) is 0 Å². The summed E-state index contributed by atoms with van der Waals surface area (Å²) in [5, 5.41) is 0.776. The molecule has 1 saturated carbocycles. The highest BCUT2D eigenvalue weighted by Crippen LogP contribution is 2.28. The van der Waals surface area contributed by atoms with E-state index in [1.807, 2.05) is 24.3 Å². The molecule has 1 aliphatic rings. The van der Waals surface area contributed by atoms with Crippen LogP contribution in [0.2, 0.25) is 5.02 Å². The predicted molar refractivity (Wildman–Crippen MR) is 82.5 cm³/mol. The SMILES string of the molecule is CCCCN(CCC(N)c1ccc(Cl)cc1)C1CC1. The summed E-state index contributed by atoms with van der Waals surface area (Å²) in [4.78, 5) is 2.62. The Morgan fingerprint density at radius 3 is 2.53 bits per heavy atom. The van der Waals surface area contributed by atoms with Crippen LogP contribution in [0.25, 0.3) is 0 Å². The van der Waals surface area contributed by atoms with Gasteiger partial charge in [0.2, 0.25) is 0 Å². The van der Waals surface area contributed by atoms with Gasteiger partial charge < -0.3 is 10.6 Å². The van der Waals surface area contributed by atoms with Gasteiger partial charge >= 0.3 is 0 Å². The summed E-state index contributed by atoms with van der Waals surface area (Å²) >= 11 is 5.90. The van der Waals surface area contributed by atoms with Crippen LogP contribution in [0.4, 0.5) is 0 Å². The number of hydrogen-bond acceptors (Lipinski definition) is 2. The van der Waals surface area contributed by atoms with Crippen molar-refractivity contribution in [2.24, 2.45) is 5.73 Å². The molecule has 2 rings (SSSR count). The molecular weight excluding hydrogens is 256 g/mol. The number of unbranched alkanes of at least 4 members (excludes halogenated alkanes) is 1. The van der Waals surface area contributed by atoms with Crippen molar-refractivity contribution in [1.82, 2.24) is 4.90 Å². The lowest BCUT2D eigenvalue weighted by Crippen LogP contribution is -2.30. The van der Waals surface area contributed by atoms with Crippen molar-refractivity contribution >= 4 is 11.6 Å². The fourth-order valence-electron chi connectivity index (χ4n) is 2.46. The van der Waals surface area contributed by atoms with Crippen molar-refractivity contribution in [3.63, 3.8) is 0 Å². The zero-order valence-electron chi connectivity index (χ0n) is 11.8. The largest absolute Gasteiger partial charge is 0.324 e. The second-order valence-corrected chi connectivity index (χ2v) is 6.00. The molecule has 0 amide bonds. The lowest BCUT2D eigenvalue weighted by atomic mass is 10.0. The minimum Gasteiger partial charge on any atom is -0.324 e. The topological polar surface area (TPSA) is 29.3 Å². The van der Waals surface area contributed by atoms with E-state index in [1.165, 1.54) is 37.8 Å². The molecule has 0 aliphatic heterocycles. The standard InChI is InChI=1S/C16H25ClN2/c1-2-3-11-19(15-8-9-15)12-10-16(18)13-4-6-14(17)7-5-13/h4-7,15-16H,2-3,8-12,18H2,1H3. The van der Waals surface area contributed by atoms with Crippen LogP contribution in [0, 0.1) is 0 Å². The van der Waals surface area contributed by atoms with Crippen LogP contribution in [0.5, 0.6) is 0 Å². The average Bonchev–Trinajstić information content (AvgIpc) is 3.24. The van der Waals surface area contributed by atoms with Crippen molar-refractivity contribution < 1.29 is 0 Å². The predicted octanol–water partition coefficient (Wildman–Crippen LogP) is 3.99. The summed E-state index contributed by atoms with van der Waals surface area (Å²) in [6.07, 6.45) is 6.35. The minimum absolute atomic E-state index is 0.125. The molecule has 106 valence electrons. The summed E-state index contributed by atoms with van der Waals surface area (Å²) in [5.74, 6) is 0. The van der Waals surface area contributed by atoms with E-state index < -0.39 is 0 Å². The third-order valence-electron chi connectivity index (χ3n) is 3.89. The summed E-state index contributed by atoms with van der Waals surface area (Å²) < 4.78 is 0. The first kappa shape index (κ1) is 14.8. The molecule has 3 heteroatoms. The molecule has 0 spiro atoms. The molecule has 1 fully saturated rings. The van der Waals surface area contributed by atoms with Crippen molar-refractivity contribution in [3.8, 4) is 0 Å². The molecule has 1 aromatic rings. The van der Waals surface area contributed by atoms with E-state index in [4.69, 9.17) is 17.3 Å². The molecule has 1 aromatic carbocycles. The number of rotatable bonds is 8. The van der Waals surface area contributed by atoms with E-state index in [0.717, 1.165) is 24.0 Å². The second-order valence-electron chi connectivity index (χ2n) is 5.57. The molecule has 0 saturated heterocycles. The number of benzene rings is 1. The number of halogens is 1. The third-order valence-corrected chi connectivity index (χ3v) is 4.14. The van der Waals surface area contributed by atoms with Crippen molar-refractivity contribution in [2.45, 2.75) is 51.1 Å². The van der Waals surface area contributed by atoms with Crippen molar-refractivity contribution in [3.05, 3.63) is 34.9 Å². The van der Waals surface area contributed by atoms with Crippen LogP contribution in [-0.4, -0.2) is 24.0 Å². The van der Waals surface area contributed by atoms with E-state index in [9.17, 15) is 0 Å². The normalized spacial score (nSPS) is 16.8. The van der Waals surface area contributed by atoms with Crippen molar-refractivity contribution in [1.29, 1.82) is 0 Å². The van der Waals surface area contributed by atoms with E-state index in [-0.39, 0.29) is 6.04 Å². The zero-order chi connectivity index (χ0) is 13.7. The monoisotopic (exact) mass is 280 g/mol. The number of nitrogens with zero attached hydrogens (tertiary/aromatic N) is 1. The van der Waals surface area contributed by atoms with Gasteiger partial charge in [-0.3, -0.25) is 0 Å². The highest BCUT2D eigenvalue weighted by molar-refractivity contribution is 6.30. The highest BCUT2D eigenvalue weighted by atomic mass is 35.5. The maximum absolute atomic E-state index is 6.27. The quantitative estimate of drug-likeness (QED) is 0.780. The van der Waals surface area contributed by atoms with Gasteiger partial charge in [0.05, 0.1) is 0 Å². The zero-order valence-corrected chi connectivity index (χ0v) is 12.6. The smallest absolute Gasteiger partial charge is 0.0406 e. The molecule has 1 atom stereocenters. The van der Waals surface area contributed by atoms with Gasteiger partial charge in [-0.25, -0.2) is 0 Å². The van der Waals surface area contributed by atoms with Crippen LogP contribution < -0.4 is 5.73 Å². The number of hydrogen-bond donors (Lipinski definition) is 1. The Kier molecular flexibility index (Phi) is 5.68. The fourth-order valence-corrected chi connectivity index (χ4v) is 2.59. The van der Waals surface area contributed by atoms with Gasteiger partial charge in [0.25, 0.3) is 0 Å². The summed E-state index contributed by atoms with van der Waals surface area (Å²) in [5.41, 5.74) is 7.46. The Hall–Kier alpha value is -0.570. The van der Waals surface area contributed by atoms with Gasteiger partial charge in [-0.1, -0.05) is 37.1 Å². The van der Waals surface area contributed by atoms with Crippen LogP contribution in [0.3, 0.4) is 0 Å². The summed E-state index contributed by atoms with van der Waals surface area (Å²) in [7, 11) is 0. The third kappa shape index (κ3) is 4.79. The van der Waals surface area contributed by atoms with Crippen LogP contribution >= 0.6 is 11.6 Å². The lowest BCUT2D eigenvalue weighted by Gasteiger charge is -2.23. The van der Waals surface area contributed by atoms with Crippen LogP contribution in [-0.2, 0) is 0 Å². The molecule has 0 aromatic heterocycles. The van der Waals surface area contributed by atoms with Gasteiger partial charge in [0, 0.05) is 23.7 Å². The minimum atomic E-state index is 0.125. The Balaban J connectivity index is 1.80. The Morgan fingerprint density at radius 2 is 1.95 bits per heavy atom. The average molecular weight is 281 g/mol. The summed E-state index contributed by atoms with van der Waals surface area (Å²) in [6.45, 7) is 4.60. The van der Waals surface area contributed by atoms with Gasteiger partial charge in [-0.15, -0.1) is 0 Å².